The topological polar surface area (TPSA) is 68.2 Å². The summed E-state index contributed by atoms with van der Waals surface area (Å²) in [6.07, 6.45) is 1.52. The van der Waals surface area contributed by atoms with Crippen LogP contribution in [0.15, 0.2) is 18.2 Å². The van der Waals surface area contributed by atoms with Crippen LogP contribution in [0.25, 0.3) is 5.76 Å². The molecule has 1 aromatic carbocycles. The van der Waals surface area contributed by atoms with Gasteiger partial charge in [-0.3, -0.25) is 0 Å². The van der Waals surface area contributed by atoms with Gasteiger partial charge in [-0.15, -0.1) is 0 Å². The molecule has 6 heteroatoms. The number of aliphatic hydroxyl groups is 1. The third-order valence-corrected chi connectivity index (χ3v) is 4.47. The molecule has 3 rings (SSSR count). The van der Waals surface area contributed by atoms with Crippen LogP contribution in [-0.2, 0) is 24.8 Å². The van der Waals surface area contributed by atoms with Gasteiger partial charge in [-0.1, -0.05) is 13.8 Å². The van der Waals surface area contributed by atoms with Crippen molar-refractivity contribution in [3.63, 3.8) is 0 Å². The molecule has 1 N–H and O–H groups in total. The predicted octanol–water partition coefficient (Wildman–Crippen LogP) is 3.52. The average molecular weight is 363 g/mol. The standard InChI is InChI=1S/C18H23NO5.C2H6/c1-5-22-17(21)14-10-15(20)12-8-11(2)9-13(16(12)19(14)4)18(3)23-6-7-24-18;1-2/h8-10,14,20H,5-7H2,1-4H3;1-2H3. The SMILES string of the molecule is CC.CCOC(=O)C1C=C(O)c2cc(C)cc(C3(C)OCCO3)c2N1C. The number of ether oxygens (including phenoxy) is 3. The Morgan fingerprint density at radius 2 is 1.96 bits per heavy atom. The second-order valence-electron chi connectivity index (χ2n) is 6.21. The fourth-order valence-electron chi connectivity index (χ4n) is 3.31. The molecule has 0 aliphatic carbocycles. The van der Waals surface area contributed by atoms with Crippen LogP contribution in [0.1, 0.15) is 44.4 Å². The number of aryl methyl sites for hydroxylation is 1. The van der Waals surface area contributed by atoms with Crippen LogP contribution in [0.3, 0.4) is 0 Å². The summed E-state index contributed by atoms with van der Waals surface area (Å²) in [4.78, 5) is 14.1. The number of hydrogen-bond donors (Lipinski definition) is 1. The summed E-state index contributed by atoms with van der Waals surface area (Å²) in [5.41, 5.74) is 3.16. The highest BCUT2D eigenvalue weighted by Crippen LogP contribution is 2.43. The largest absolute Gasteiger partial charge is 0.507 e. The smallest absolute Gasteiger partial charge is 0.332 e. The van der Waals surface area contributed by atoms with E-state index in [-0.39, 0.29) is 12.4 Å². The maximum absolute atomic E-state index is 12.3. The van der Waals surface area contributed by atoms with Gasteiger partial charge in [-0.05, 0) is 44.5 Å². The molecule has 0 spiro atoms. The Hall–Kier alpha value is -2.05. The molecule has 144 valence electrons. The van der Waals surface area contributed by atoms with Crippen molar-refractivity contribution < 1.29 is 24.1 Å². The molecular weight excluding hydrogens is 334 g/mol. The molecule has 2 aliphatic heterocycles. The first-order chi connectivity index (χ1) is 12.4. The molecule has 1 unspecified atom stereocenters. The number of rotatable bonds is 3. The molecule has 6 nitrogen and oxygen atoms in total. The molecule has 0 amide bonds. The summed E-state index contributed by atoms with van der Waals surface area (Å²) < 4.78 is 16.7. The van der Waals surface area contributed by atoms with Crippen LogP contribution in [0, 0.1) is 6.92 Å². The minimum absolute atomic E-state index is 0.0627. The highest BCUT2D eigenvalue weighted by Gasteiger charge is 2.40. The monoisotopic (exact) mass is 363 g/mol. The Morgan fingerprint density at radius 3 is 2.54 bits per heavy atom. The third-order valence-electron chi connectivity index (χ3n) is 4.47. The molecule has 2 heterocycles. The molecule has 1 saturated heterocycles. The summed E-state index contributed by atoms with van der Waals surface area (Å²) in [5.74, 6) is -1.24. The fraction of sp³-hybridized carbons (Fsp3) is 0.550. The van der Waals surface area contributed by atoms with Crippen molar-refractivity contribution in [2.24, 2.45) is 0 Å². The molecule has 2 aliphatic rings. The number of likely N-dealkylation sites (N-methyl/N-ethyl adjacent to an activating group) is 1. The van der Waals surface area contributed by atoms with Gasteiger partial charge in [0.1, 0.15) is 11.8 Å². The maximum atomic E-state index is 12.3. The van der Waals surface area contributed by atoms with Crippen molar-refractivity contribution in [3.05, 3.63) is 34.9 Å². The summed E-state index contributed by atoms with van der Waals surface area (Å²) in [5, 5.41) is 10.5. The van der Waals surface area contributed by atoms with E-state index in [1.165, 1.54) is 6.08 Å². The molecule has 0 saturated carbocycles. The summed E-state index contributed by atoms with van der Waals surface area (Å²) in [6.45, 7) is 10.9. The van der Waals surface area contributed by atoms with E-state index in [4.69, 9.17) is 14.2 Å². The number of fused-ring (bicyclic) bond motifs is 1. The van der Waals surface area contributed by atoms with Gasteiger partial charge in [0.15, 0.2) is 5.79 Å². The lowest BCUT2D eigenvalue weighted by molar-refractivity contribution is -0.149. The van der Waals surface area contributed by atoms with Crippen molar-refractivity contribution >= 4 is 17.4 Å². The number of benzene rings is 1. The van der Waals surface area contributed by atoms with Crippen molar-refractivity contribution in [1.29, 1.82) is 0 Å². The van der Waals surface area contributed by atoms with E-state index < -0.39 is 17.8 Å². The number of esters is 1. The van der Waals surface area contributed by atoms with Crippen molar-refractivity contribution in [2.75, 3.05) is 31.8 Å². The van der Waals surface area contributed by atoms with Gasteiger partial charge in [0.2, 0.25) is 0 Å². The second-order valence-corrected chi connectivity index (χ2v) is 6.21. The third kappa shape index (κ3) is 3.57. The quantitative estimate of drug-likeness (QED) is 0.829. The number of nitrogens with zero attached hydrogens (tertiary/aromatic N) is 1. The average Bonchev–Trinajstić information content (AvgIpc) is 3.07. The van der Waals surface area contributed by atoms with Gasteiger partial charge in [-0.25, -0.2) is 4.79 Å². The van der Waals surface area contributed by atoms with E-state index in [0.29, 0.717) is 18.8 Å². The first kappa shape index (κ1) is 20.3. The number of anilines is 1. The summed E-state index contributed by atoms with van der Waals surface area (Å²) >= 11 is 0. The number of carbonyl (C=O) groups excluding carboxylic acids is 1. The fourth-order valence-corrected chi connectivity index (χ4v) is 3.31. The van der Waals surface area contributed by atoms with Crippen molar-refractivity contribution in [1.82, 2.24) is 0 Å². The van der Waals surface area contributed by atoms with Crippen LogP contribution < -0.4 is 4.90 Å². The molecule has 0 radical (unpaired) electrons. The van der Waals surface area contributed by atoms with Gasteiger partial charge in [0.25, 0.3) is 0 Å². The minimum atomic E-state index is -0.902. The lowest BCUT2D eigenvalue weighted by Gasteiger charge is -2.37. The lowest BCUT2D eigenvalue weighted by Crippen LogP contribution is -2.42. The molecule has 0 bridgehead atoms. The highest BCUT2D eigenvalue weighted by molar-refractivity contribution is 5.91. The normalized spacial score (nSPS) is 20.6. The van der Waals surface area contributed by atoms with Crippen molar-refractivity contribution in [3.8, 4) is 0 Å². The minimum Gasteiger partial charge on any atom is -0.507 e. The van der Waals surface area contributed by atoms with Crippen LogP contribution in [-0.4, -0.2) is 44.0 Å². The van der Waals surface area contributed by atoms with E-state index in [2.05, 4.69) is 0 Å². The zero-order chi connectivity index (χ0) is 19.5. The molecule has 1 atom stereocenters. The lowest BCUT2D eigenvalue weighted by atomic mass is 9.92. The van der Waals surface area contributed by atoms with Crippen molar-refractivity contribution in [2.45, 2.75) is 46.4 Å². The Bertz CT molecular complexity index is 692. The van der Waals surface area contributed by atoms with E-state index in [9.17, 15) is 9.90 Å². The van der Waals surface area contributed by atoms with Crippen LogP contribution in [0.5, 0.6) is 0 Å². The van der Waals surface area contributed by atoms with Crippen LogP contribution >= 0.6 is 0 Å². The summed E-state index contributed by atoms with van der Waals surface area (Å²) in [7, 11) is 1.81. The second kappa shape index (κ2) is 8.10. The van der Waals surface area contributed by atoms with Crippen LogP contribution in [0.2, 0.25) is 0 Å². The Morgan fingerprint density at radius 1 is 1.35 bits per heavy atom. The molecular formula is C20H29NO5. The molecule has 1 aromatic rings. The highest BCUT2D eigenvalue weighted by atomic mass is 16.7. The van der Waals surface area contributed by atoms with Gasteiger partial charge in [0, 0.05) is 18.2 Å². The first-order valence-electron chi connectivity index (χ1n) is 9.11. The van der Waals surface area contributed by atoms with Crippen LogP contribution in [0.4, 0.5) is 5.69 Å². The van der Waals surface area contributed by atoms with E-state index in [1.807, 2.05) is 39.8 Å². The van der Waals surface area contributed by atoms with E-state index in [1.54, 1.807) is 18.9 Å². The van der Waals surface area contributed by atoms with Gasteiger partial charge >= 0.3 is 5.97 Å². The van der Waals surface area contributed by atoms with E-state index >= 15 is 0 Å². The number of carbonyl (C=O) groups is 1. The first-order valence-corrected chi connectivity index (χ1v) is 9.11. The van der Waals surface area contributed by atoms with Gasteiger partial charge < -0.3 is 24.2 Å². The zero-order valence-electron chi connectivity index (χ0n) is 16.5. The molecule has 26 heavy (non-hydrogen) atoms. The maximum Gasteiger partial charge on any atom is 0.332 e. The number of aliphatic hydroxyl groups excluding tert-OH is 1. The Kier molecular flexibility index (Phi) is 6.31. The predicted molar refractivity (Wildman–Crippen MR) is 101 cm³/mol. The Labute approximate surface area is 155 Å². The molecule has 1 fully saturated rings. The van der Waals surface area contributed by atoms with E-state index in [0.717, 1.165) is 16.8 Å². The summed E-state index contributed by atoms with van der Waals surface area (Å²) in [6, 6.07) is 3.17. The number of hydrogen-bond acceptors (Lipinski definition) is 6. The van der Waals surface area contributed by atoms with Gasteiger partial charge in [0.05, 0.1) is 25.5 Å². The van der Waals surface area contributed by atoms with Gasteiger partial charge in [-0.2, -0.15) is 0 Å². The molecule has 0 aromatic heterocycles. The zero-order valence-corrected chi connectivity index (χ0v) is 16.5. The Balaban J connectivity index is 0.00000117.